The van der Waals surface area contributed by atoms with Gasteiger partial charge in [0.05, 0.1) is 5.60 Å². The second-order valence-corrected chi connectivity index (χ2v) is 8.22. The van der Waals surface area contributed by atoms with E-state index < -0.39 is 11.2 Å². The number of aliphatic hydroxyl groups is 1. The molecule has 0 radical (unpaired) electrons. The van der Waals surface area contributed by atoms with Crippen molar-refractivity contribution in [3.63, 3.8) is 0 Å². The van der Waals surface area contributed by atoms with Crippen LogP contribution in [0.15, 0.2) is 12.2 Å². The second-order valence-electron chi connectivity index (χ2n) is 8.22. The summed E-state index contributed by atoms with van der Waals surface area (Å²) in [7, 11) is 0. The molecule has 3 heteroatoms. The van der Waals surface area contributed by atoms with E-state index in [1.807, 2.05) is 0 Å². The first-order valence-corrected chi connectivity index (χ1v) is 8.32. The van der Waals surface area contributed by atoms with Crippen molar-refractivity contribution in [1.82, 2.24) is 0 Å². The van der Waals surface area contributed by atoms with Gasteiger partial charge in [-0.1, -0.05) is 13.5 Å². The molecule has 4 bridgehead atoms. The van der Waals surface area contributed by atoms with Gasteiger partial charge in [-0.3, -0.25) is 0 Å². The Hall–Kier alpha value is -0.830. The van der Waals surface area contributed by atoms with Crippen LogP contribution in [0.3, 0.4) is 0 Å². The number of rotatable bonds is 4. The molecule has 21 heavy (non-hydrogen) atoms. The predicted octanol–water partition coefficient (Wildman–Crippen LogP) is 3.61. The van der Waals surface area contributed by atoms with Crippen LogP contribution in [0.4, 0.5) is 0 Å². The maximum absolute atomic E-state index is 12.1. The Morgan fingerprint density at radius 2 is 1.90 bits per heavy atom. The molecule has 3 nitrogen and oxygen atoms in total. The van der Waals surface area contributed by atoms with E-state index in [1.165, 1.54) is 6.42 Å². The average Bonchev–Trinajstić information content (AvgIpc) is 2.35. The molecule has 0 aromatic carbocycles. The number of ether oxygens (including phenoxy) is 1. The fourth-order valence-electron chi connectivity index (χ4n) is 5.68. The van der Waals surface area contributed by atoms with Gasteiger partial charge in [0.2, 0.25) is 0 Å². The van der Waals surface area contributed by atoms with Gasteiger partial charge in [0.15, 0.2) is 0 Å². The van der Waals surface area contributed by atoms with E-state index in [0.717, 1.165) is 38.5 Å². The van der Waals surface area contributed by atoms with Gasteiger partial charge in [-0.25, -0.2) is 4.79 Å². The lowest BCUT2D eigenvalue weighted by Gasteiger charge is -2.64. The maximum atomic E-state index is 12.1. The van der Waals surface area contributed by atoms with Gasteiger partial charge in [0.1, 0.15) is 5.60 Å². The molecule has 0 aromatic heterocycles. The molecule has 0 aliphatic heterocycles. The lowest BCUT2D eigenvalue weighted by molar-refractivity contribution is -0.235. The highest BCUT2D eigenvalue weighted by molar-refractivity contribution is 5.87. The molecule has 4 aliphatic rings. The summed E-state index contributed by atoms with van der Waals surface area (Å²) < 4.78 is 5.93. The minimum absolute atomic E-state index is 0.0499. The van der Waals surface area contributed by atoms with Crippen LogP contribution in [0.5, 0.6) is 0 Å². The molecule has 118 valence electrons. The van der Waals surface area contributed by atoms with Crippen LogP contribution in [0.25, 0.3) is 0 Å². The molecule has 0 aromatic rings. The molecule has 4 fully saturated rings. The lowest BCUT2D eigenvalue weighted by Crippen LogP contribution is -2.63. The van der Waals surface area contributed by atoms with Crippen molar-refractivity contribution in [3.05, 3.63) is 12.2 Å². The van der Waals surface area contributed by atoms with Crippen LogP contribution in [-0.2, 0) is 9.53 Å². The molecule has 4 saturated carbocycles. The fourth-order valence-corrected chi connectivity index (χ4v) is 5.68. The Morgan fingerprint density at radius 3 is 2.33 bits per heavy atom. The molecule has 4 rings (SSSR count). The van der Waals surface area contributed by atoms with Gasteiger partial charge in [0, 0.05) is 11.0 Å². The van der Waals surface area contributed by atoms with Crippen LogP contribution >= 0.6 is 0 Å². The van der Waals surface area contributed by atoms with E-state index in [1.54, 1.807) is 6.92 Å². The number of esters is 1. The monoisotopic (exact) mass is 292 g/mol. The largest absolute Gasteiger partial charge is 0.455 e. The van der Waals surface area contributed by atoms with Crippen molar-refractivity contribution in [2.45, 2.75) is 76.9 Å². The summed E-state index contributed by atoms with van der Waals surface area (Å²) >= 11 is 0. The van der Waals surface area contributed by atoms with Crippen LogP contribution in [0.1, 0.15) is 65.7 Å². The summed E-state index contributed by atoms with van der Waals surface area (Å²) in [4.78, 5) is 12.1. The van der Waals surface area contributed by atoms with Crippen molar-refractivity contribution in [2.24, 2.45) is 17.3 Å². The third-order valence-corrected chi connectivity index (χ3v) is 6.49. The van der Waals surface area contributed by atoms with Crippen molar-refractivity contribution >= 4 is 5.97 Å². The number of carbonyl (C=O) groups excluding carboxylic acids is 1. The number of hydrogen-bond donors (Lipinski definition) is 1. The molecule has 0 saturated heterocycles. The maximum Gasteiger partial charge on any atom is 0.333 e. The first-order valence-electron chi connectivity index (χ1n) is 8.32. The van der Waals surface area contributed by atoms with Gasteiger partial charge < -0.3 is 9.84 Å². The van der Waals surface area contributed by atoms with E-state index in [-0.39, 0.29) is 11.4 Å². The highest BCUT2D eigenvalue weighted by atomic mass is 16.6. The summed E-state index contributed by atoms with van der Waals surface area (Å²) in [5.41, 5.74) is -0.602. The molecule has 3 atom stereocenters. The second kappa shape index (κ2) is 4.58. The van der Waals surface area contributed by atoms with Crippen LogP contribution < -0.4 is 0 Å². The molecule has 0 amide bonds. The highest BCUT2D eigenvalue weighted by Crippen LogP contribution is 2.66. The summed E-state index contributed by atoms with van der Waals surface area (Å²) in [5, 5.41) is 10.9. The molecule has 0 spiro atoms. The van der Waals surface area contributed by atoms with E-state index in [9.17, 15) is 9.90 Å². The van der Waals surface area contributed by atoms with Crippen LogP contribution in [-0.4, -0.2) is 22.3 Å². The number of carbonyl (C=O) groups is 1. The fraction of sp³-hybridized carbons (Fsp3) is 0.833. The van der Waals surface area contributed by atoms with Crippen LogP contribution in [0, 0.1) is 17.3 Å². The van der Waals surface area contributed by atoms with Crippen molar-refractivity contribution in [3.8, 4) is 0 Å². The summed E-state index contributed by atoms with van der Waals surface area (Å²) in [5.74, 6) is 0.915. The molecular weight excluding hydrogens is 264 g/mol. The van der Waals surface area contributed by atoms with E-state index >= 15 is 0 Å². The first-order chi connectivity index (χ1) is 9.71. The van der Waals surface area contributed by atoms with Gasteiger partial charge in [-0.2, -0.15) is 0 Å². The predicted molar refractivity (Wildman–Crippen MR) is 81.7 cm³/mol. The lowest BCUT2D eigenvalue weighted by atomic mass is 9.44. The molecular formula is C18H28O3. The highest BCUT2D eigenvalue weighted by Gasteiger charge is 2.64. The number of hydrogen-bond acceptors (Lipinski definition) is 3. The average molecular weight is 292 g/mol. The molecule has 4 aliphatic carbocycles. The third kappa shape index (κ3) is 2.25. The van der Waals surface area contributed by atoms with E-state index in [4.69, 9.17) is 4.74 Å². The molecule has 3 unspecified atom stereocenters. The Kier molecular flexibility index (Phi) is 3.29. The molecule has 0 heterocycles. The summed E-state index contributed by atoms with van der Waals surface area (Å²) in [6.07, 6.45) is 6.92. The van der Waals surface area contributed by atoms with Crippen molar-refractivity contribution in [1.29, 1.82) is 0 Å². The van der Waals surface area contributed by atoms with Gasteiger partial charge in [-0.15, -0.1) is 0 Å². The van der Waals surface area contributed by atoms with E-state index in [2.05, 4.69) is 20.4 Å². The van der Waals surface area contributed by atoms with Gasteiger partial charge in [-0.05, 0) is 70.6 Å². The zero-order valence-electron chi connectivity index (χ0n) is 13.6. The van der Waals surface area contributed by atoms with Gasteiger partial charge >= 0.3 is 5.97 Å². The zero-order valence-corrected chi connectivity index (χ0v) is 13.6. The zero-order chi connectivity index (χ0) is 15.5. The Bertz CT molecular complexity index is 467. The SMILES string of the molecule is C=C(C)C(=O)OC(C)(CC)C12CC3CC(CC(O)(C3)C1)C2. The Balaban J connectivity index is 1.92. The Labute approximate surface area is 127 Å². The normalized spacial score (nSPS) is 43.4. The Morgan fingerprint density at radius 1 is 1.33 bits per heavy atom. The summed E-state index contributed by atoms with van der Waals surface area (Å²) in [6, 6.07) is 0. The van der Waals surface area contributed by atoms with Crippen molar-refractivity contribution in [2.75, 3.05) is 0 Å². The standard InChI is InChI=1S/C18H28O3/c1-5-16(4,21-15(19)12(2)3)17-7-13-6-14(8-17)10-18(20,9-13)11-17/h13-14,20H,2,5-11H2,1,3-4H3. The minimum atomic E-state index is -0.518. The first kappa shape index (κ1) is 15.1. The molecule has 1 N–H and O–H groups in total. The third-order valence-electron chi connectivity index (χ3n) is 6.49. The van der Waals surface area contributed by atoms with E-state index in [0.29, 0.717) is 17.4 Å². The smallest absolute Gasteiger partial charge is 0.333 e. The van der Waals surface area contributed by atoms with Crippen molar-refractivity contribution < 1.29 is 14.6 Å². The topological polar surface area (TPSA) is 46.5 Å². The summed E-state index contributed by atoms with van der Waals surface area (Å²) in [6.45, 7) is 9.57. The minimum Gasteiger partial charge on any atom is -0.455 e. The van der Waals surface area contributed by atoms with Crippen LogP contribution in [0.2, 0.25) is 0 Å². The quantitative estimate of drug-likeness (QED) is 0.636. The van der Waals surface area contributed by atoms with Gasteiger partial charge in [0.25, 0.3) is 0 Å².